The van der Waals surface area contributed by atoms with Crippen LogP contribution in [-0.4, -0.2) is 42.0 Å². The van der Waals surface area contributed by atoms with Crippen LogP contribution < -0.4 is 9.47 Å². The third-order valence-corrected chi connectivity index (χ3v) is 5.90. The van der Waals surface area contributed by atoms with Crippen LogP contribution >= 0.6 is 0 Å². The van der Waals surface area contributed by atoms with Crippen LogP contribution in [0.2, 0.25) is 0 Å². The Hall–Kier alpha value is -3.74. The summed E-state index contributed by atoms with van der Waals surface area (Å²) >= 11 is 0. The SMILES string of the molecule is CCCCN1C(=O)C(O)=C(C(=O)c2cc3cccc(OC)c3o2)C1c1cccc(OCCC)c1. The van der Waals surface area contributed by atoms with E-state index < -0.39 is 23.5 Å². The van der Waals surface area contributed by atoms with Gasteiger partial charge in [-0.25, -0.2) is 0 Å². The molecule has 1 atom stereocenters. The van der Waals surface area contributed by atoms with Gasteiger partial charge < -0.3 is 23.9 Å². The van der Waals surface area contributed by atoms with Crippen LogP contribution in [0.5, 0.6) is 11.5 Å². The van der Waals surface area contributed by atoms with E-state index in [4.69, 9.17) is 13.9 Å². The number of ether oxygens (including phenoxy) is 2. The molecule has 7 heteroatoms. The normalized spacial score (nSPS) is 15.9. The zero-order chi connectivity index (χ0) is 24.2. The number of fused-ring (bicyclic) bond motifs is 1. The standard InChI is InChI=1S/C27H29NO6/c1-4-6-13-28-23(17-9-7-11-19(15-17)33-14-5-2)22(25(30)27(28)31)24(29)21-16-18-10-8-12-20(32-3)26(18)34-21/h7-12,15-16,23,30H,4-6,13-14H2,1-3H3. The second kappa shape index (κ2) is 10.0. The molecule has 1 amide bonds. The Morgan fingerprint density at radius 3 is 2.65 bits per heavy atom. The molecular weight excluding hydrogens is 434 g/mol. The van der Waals surface area contributed by atoms with Crippen molar-refractivity contribution < 1.29 is 28.6 Å². The Kier molecular flexibility index (Phi) is 6.91. The first-order valence-electron chi connectivity index (χ1n) is 11.6. The number of aliphatic hydroxyl groups is 1. The molecule has 4 rings (SSSR count). The molecule has 1 aromatic heterocycles. The van der Waals surface area contributed by atoms with Gasteiger partial charge in [0.25, 0.3) is 5.91 Å². The molecule has 0 aliphatic carbocycles. The topological polar surface area (TPSA) is 89.2 Å². The summed E-state index contributed by atoms with van der Waals surface area (Å²) in [5, 5.41) is 11.5. The molecule has 0 radical (unpaired) electrons. The van der Waals surface area contributed by atoms with Gasteiger partial charge in [-0.05, 0) is 42.7 Å². The minimum Gasteiger partial charge on any atom is -0.503 e. The van der Waals surface area contributed by atoms with Crippen molar-refractivity contribution in [1.29, 1.82) is 0 Å². The maximum atomic E-state index is 13.7. The summed E-state index contributed by atoms with van der Waals surface area (Å²) in [6.45, 7) is 5.01. The fourth-order valence-corrected chi connectivity index (χ4v) is 4.23. The number of furan rings is 1. The van der Waals surface area contributed by atoms with Gasteiger partial charge >= 0.3 is 0 Å². The number of carbonyl (C=O) groups is 2. The smallest absolute Gasteiger partial charge is 0.290 e. The second-order valence-corrected chi connectivity index (χ2v) is 8.26. The molecule has 0 fully saturated rings. The summed E-state index contributed by atoms with van der Waals surface area (Å²) in [4.78, 5) is 28.3. The number of methoxy groups -OCH3 is 1. The summed E-state index contributed by atoms with van der Waals surface area (Å²) in [6.07, 6.45) is 2.46. The zero-order valence-corrected chi connectivity index (χ0v) is 19.7. The molecule has 2 aromatic carbocycles. The van der Waals surface area contributed by atoms with E-state index in [1.165, 1.54) is 7.11 Å². The third kappa shape index (κ3) is 4.25. The minimum atomic E-state index is -0.744. The molecule has 0 bridgehead atoms. The van der Waals surface area contributed by atoms with Crippen LogP contribution in [0.3, 0.4) is 0 Å². The number of amides is 1. The first-order chi connectivity index (χ1) is 16.5. The van der Waals surface area contributed by atoms with Gasteiger partial charge in [0.2, 0.25) is 5.78 Å². The third-order valence-electron chi connectivity index (χ3n) is 5.90. The number of para-hydroxylation sites is 1. The molecular formula is C27H29NO6. The highest BCUT2D eigenvalue weighted by Crippen LogP contribution is 2.41. The number of ketones is 1. The Morgan fingerprint density at radius 2 is 1.91 bits per heavy atom. The second-order valence-electron chi connectivity index (χ2n) is 8.26. The molecule has 178 valence electrons. The fraction of sp³-hybridized carbons (Fsp3) is 0.333. The molecule has 1 N–H and O–H groups in total. The van der Waals surface area contributed by atoms with Gasteiger partial charge in [-0.2, -0.15) is 0 Å². The predicted octanol–water partition coefficient (Wildman–Crippen LogP) is 5.61. The van der Waals surface area contributed by atoms with Crippen molar-refractivity contribution in [3.63, 3.8) is 0 Å². The van der Waals surface area contributed by atoms with Crippen LogP contribution in [0.4, 0.5) is 0 Å². The van der Waals surface area contributed by atoms with Crippen molar-refractivity contribution in [3.05, 3.63) is 71.2 Å². The van der Waals surface area contributed by atoms with E-state index in [2.05, 4.69) is 0 Å². The summed E-state index contributed by atoms with van der Waals surface area (Å²) in [5.41, 5.74) is 1.14. The summed E-state index contributed by atoms with van der Waals surface area (Å²) < 4.78 is 17.0. The first kappa shape index (κ1) is 23.4. The van der Waals surface area contributed by atoms with Crippen molar-refractivity contribution >= 4 is 22.7 Å². The van der Waals surface area contributed by atoms with E-state index in [0.717, 1.165) is 19.3 Å². The van der Waals surface area contributed by atoms with E-state index in [9.17, 15) is 14.7 Å². The van der Waals surface area contributed by atoms with Crippen LogP contribution in [0, 0.1) is 0 Å². The van der Waals surface area contributed by atoms with Crippen LogP contribution in [0.15, 0.2) is 64.3 Å². The van der Waals surface area contributed by atoms with Gasteiger partial charge in [0, 0.05) is 11.9 Å². The summed E-state index contributed by atoms with van der Waals surface area (Å²) in [6, 6.07) is 13.5. The zero-order valence-electron chi connectivity index (χ0n) is 19.7. The molecule has 3 aromatic rings. The molecule has 1 aliphatic rings. The van der Waals surface area contributed by atoms with Crippen LogP contribution in [0.1, 0.15) is 55.3 Å². The number of Topliss-reactive ketones (excluding diaryl/α,β-unsaturated/α-hetero) is 1. The monoisotopic (exact) mass is 463 g/mol. The quantitative estimate of drug-likeness (QED) is 0.393. The lowest BCUT2D eigenvalue weighted by molar-refractivity contribution is -0.129. The van der Waals surface area contributed by atoms with Crippen molar-refractivity contribution in [2.24, 2.45) is 0 Å². The Morgan fingerprint density at radius 1 is 1.12 bits per heavy atom. The average Bonchev–Trinajstić information content (AvgIpc) is 3.40. The van der Waals surface area contributed by atoms with Crippen LogP contribution in [0.25, 0.3) is 11.0 Å². The maximum Gasteiger partial charge on any atom is 0.290 e. The van der Waals surface area contributed by atoms with Gasteiger partial charge in [-0.1, -0.05) is 44.5 Å². The van der Waals surface area contributed by atoms with Crippen molar-refractivity contribution in [2.75, 3.05) is 20.3 Å². The first-order valence-corrected chi connectivity index (χ1v) is 11.6. The molecule has 0 saturated carbocycles. The number of rotatable bonds is 10. The van der Waals surface area contributed by atoms with Gasteiger partial charge in [0.1, 0.15) is 5.75 Å². The lowest BCUT2D eigenvalue weighted by atomic mass is 9.94. The summed E-state index contributed by atoms with van der Waals surface area (Å²) in [7, 11) is 1.53. The average molecular weight is 464 g/mol. The maximum absolute atomic E-state index is 13.7. The minimum absolute atomic E-state index is 0.00627. The van der Waals surface area contributed by atoms with Crippen molar-refractivity contribution in [2.45, 2.75) is 39.2 Å². The molecule has 1 unspecified atom stereocenters. The number of hydrogen-bond acceptors (Lipinski definition) is 6. The van der Waals surface area contributed by atoms with E-state index in [0.29, 0.717) is 41.2 Å². The number of carbonyl (C=O) groups excluding carboxylic acids is 2. The largest absolute Gasteiger partial charge is 0.503 e. The highest BCUT2D eigenvalue weighted by molar-refractivity contribution is 6.16. The lowest BCUT2D eigenvalue weighted by Gasteiger charge is -2.27. The molecule has 7 nitrogen and oxygen atoms in total. The summed E-state index contributed by atoms with van der Waals surface area (Å²) in [5.74, 6) is -0.454. The van der Waals surface area contributed by atoms with Crippen LogP contribution in [-0.2, 0) is 4.79 Å². The highest BCUT2D eigenvalue weighted by Gasteiger charge is 2.44. The number of unbranched alkanes of at least 4 members (excludes halogenated alkanes) is 1. The lowest BCUT2D eigenvalue weighted by Crippen LogP contribution is -2.32. The fourth-order valence-electron chi connectivity index (χ4n) is 4.23. The number of benzene rings is 2. The molecule has 0 saturated heterocycles. The molecule has 0 spiro atoms. The van der Waals surface area contributed by atoms with E-state index in [1.54, 1.807) is 23.1 Å². The van der Waals surface area contributed by atoms with Gasteiger partial charge in [0.15, 0.2) is 22.9 Å². The number of hydrogen-bond donors (Lipinski definition) is 1. The van der Waals surface area contributed by atoms with Crippen molar-refractivity contribution in [3.8, 4) is 11.5 Å². The van der Waals surface area contributed by atoms with E-state index in [1.807, 2.05) is 44.2 Å². The van der Waals surface area contributed by atoms with Crippen molar-refractivity contribution in [1.82, 2.24) is 4.90 Å². The molecule has 2 heterocycles. The molecule has 34 heavy (non-hydrogen) atoms. The van der Waals surface area contributed by atoms with E-state index >= 15 is 0 Å². The van der Waals surface area contributed by atoms with Gasteiger partial charge in [-0.15, -0.1) is 0 Å². The van der Waals surface area contributed by atoms with E-state index in [-0.39, 0.29) is 11.3 Å². The highest BCUT2D eigenvalue weighted by atomic mass is 16.5. The van der Waals surface area contributed by atoms with Gasteiger partial charge in [0.05, 0.1) is 25.3 Å². The van der Waals surface area contributed by atoms with Gasteiger partial charge in [-0.3, -0.25) is 9.59 Å². The Balaban J connectivity index is 1.78. The predicted molar refractivity (Wildman–Crippen MR) is 128 cm³/mol. The Labute approximate surface area is 198 Å². The Bertz CT molecular complexity index is 1240. The molecule has 1 aliphatic heterocycles. The number of nitrogens with zero attached hydrogens (tertiary/aromatic N) is 1. The number of aliphatic hydroxyl groups excluding tert-OH is 1.